The van der Waals surface area contributed by atoms with E-state index in [-0.39, 0.29) is 30.8 Å². The van der Waals surface area contributed by atoms with Gasteiger partial charge in [-0.25, -0.2) is 0 Å². The van der Waals surface area contributed by atoms with Gasteiger partial charge in [-0.3, -0.25) is 14.5 Å². The van der Waals surface area contributed by atoms with Crippen LogP contribution in [-0.4, -0.2) is 48.6 Å². The minimum absolute atomic E-state index is 0. The summed E-state index contributed by atoms with van der Waals surface area (Å²) in [7, 11) is 3.33. The van der Waals surface area contributed by atoms with Crippen molar-refractivity contribution in [1.82, 2.24) is 10.2 Å². The Hall–Kier alpha value is -1.79. The van der Waals surface area contributed by atoms with E-state index in [0.29, 0.717) is 6.54 Å². The van der Waals surface area contributed by atoms with Gasteiger partial charge in [0.25, 0.3) is 0 Å². The average Bonchev–Trinajstić information content (AvgIpc) is 2.51. The summed E-state index contributed by atoms with van der Waals surface area (Å²) < 4.78 is 5.29. The van der Waals surface area contributed by atoms with E-state index in [1.165, 1.54) is 0 Å². The molecule has 1 aromatic rings. The molecule has 1 rings (SSSR count). The minimum Gasteiger partial charge on any atom is -0.496 e. The van der Waals surface area contributed by atoms with Crippen molar-refractivity contribution in [2.45, 2.75) is 32.4 Å². The molecular weight excluding hydrogens is 320 g/mol. The molecule has 0 aliphatic heterocycles. The monoisotopic (exact) mass is 344 g/mol. The van der Waals surface area contributed by atoms with Gasteiger partial charge in [0, 0.05) is 12.1 Å². The van der Waals surface area contributed by atoms with Gasteiger partial charge < -0.3 is 15.2 Å². The Morgan fingerprint density at radius 3 is 2.48 bits per heavy atom. The zero-order valence-electron chi connectivity index (χ0n) is 13.9. The number of nitrogens with zero attached hydrogens (tertiary/aromatic N) is 1. The lowest BCUT2D eigenvalue weighted by atomic mass is 10.1. The number of ether oxygens (including phenoxy) is 1. The second-order valence-corrected chi connectivity index (χ2v) is 5.27. The highest BCUT2D eigenvalue weighted by molar-refractivity contribution is 5.85. The van der Waals surface area contributed by atoms with Crippen molar-refractivity contribution in [3.63, 3.8) is 0 Å². The number of rotatable bonds is 8. The molecule has 0 saturated heterocycles. The number of halogens is 1. The molecule has 23 heavy (non-hydrogen) atoms. The zero-order valence-corrected chi connectivity index (χ0v) is 14.7. The molecule has 6 nitrogen and oxygen atoms in total. The lowest BCUT2D eigenvalue weighted by Gasteiger charge is -2.25. The molecule has 2 atom stereocenters. The number of carboxylic acids is 1. The fourth-order valence-electron chi connectivity index (χ4n) is 2.10. The van der Waals surface area contributed by atoms with Crippen molar-refractivity contribution in [3.8, 4) is 5.75 Å². The first-order valence-corrected chi connectivity index (χ1v) is 7.22. The molecule has 0 saturated carbocycles. The smallest absolute Gasteiger partial charge is 0.304 e. The summed E-state index contributed by atoms with van der Waals surface area (Å²) >= 11 is 0. The second-order valence-electron chi connectivity index (χ2n) is 5.27. The maximum atomic E-state index is 12.3. The summed E-state index contributed by atoms with van der Waals surface area (Å²) in [4.78, 5) is 24.6. The highest BCUT2D eigenvalue weighted by atomic mass is 35.5. The van der Waals surface area contributed by atoms with Crippen molar-refractivity contribution in [1.29, 1.82) is 0 Å². The standard InChI is InChI=1S/C16H24N2O4.ClH/c1-11(13-7-5-6-8-14(13)22-4)17-16(21)12(2)18(3)10-9-15(19)20;/h5-8,11-12H,9-10H2,1-4H3,(H,17,21)(H,19,20);1H. The maximum absolute atomic E-state index is 12.3. The van der Waals surface area contributed by atoms with Crippen LogP contribution < -0.4 is 10.1 Å². The lowest BCUT2D eigenvalue weighted by Crippen LogP contribution is -2.44. The number of para-hydroxylation sites is 1. The third-order valence-electron chi connectivity index (χ3n) is 3.68. The van der Waals surface area contributed by atoms with E-state index in [1.54, 1.807) is 26.0 Å². The van der Waals surface area contributed by atoms with Gasteiger partial charge in [-0.2, -0.15) is 0 Å². The van der Waals surface area contributed by atoms with E-state index < -0.39 is 12.0 Å². The summed E-state index contributed by atoms with van der Waals surface area (Å²) in [6.45, 7) is 3.97. The number of carbonyl (C=O) groups is 2. The Labute approximate surface area is 143 Å². The molecule has 2 unspecified atom stereocenters. The maximum Gasteiger partial charge on any atom is 0.304 e. The second kappa shape index (κ2) is 10.1. The van der Waals surface area contributed by atoms with Crippen LogP contribution in [-0.2, 0) is 9.59 Å². The van der Waals surface area contributed by atoms with Gasteiger partial charge in [-0.05, 0) is 27.0 Å². The normalized spacial score (nSPS) is 12.9. The molecule has 0 bridgehead atoms. The van der Waals surface area contributed by atoms with Crippen molar-refractivity contribution in [2.75, 3.05) is 20.7 Å². The zero-order chi connectivity index (χ0) is 16.7. The van der Waals surface area contributed by atoms with Crippen LogP contribution in [0.1, 0.15) is 31.9 Å². The van der Waals surface area contributed by atoms with E-state index >= 15 is 0 Å². The highest BCUT2D eigenvalue weighted by Gasteiger charge is 2.21. The minimum atomic E-state index is -0.873. The number of benzene rings is 1. The molecule has 2 N–H and O–H groups in total. The third-order valence-corrected chi connectivity index (χ3v) is 3.68. The topological polar surface area (TPSA) is 78.9 Å². The summed E-state index contributed by atoms with van der Waals surface area (Å²) in [5.41, 5.74) is 0.902. The predicted molar refractivity (Wildman–Crippen MR) is 91.1 cm³/mol. The molecule has 130 valence electrons. The number of amides is 1. The summed E-state index contributed by atoms with van der Waals surface area (Å²) in [6, 6.07) is 6.92. The molecule has 0 aliphatic carbocycles. The van der Waals surface area contributed by atoms with Crippen LogP contribution in [0.3, 0.4) is 0 Å². The quantitative estimate of drug-likeness (QED) is 0.755. The Kier molecular flexibility index (Phi) is 9.29. The number of carboxylic acid groups (broad SMARTS) is 1. The van der Waals surface area contributed by atoms with Crippen LogP contribution >= 0.6 is 12.4 Å². The molecule has 0 radical (unpaired) electrons. The predicted octanol–water partition coefficient (Wildman–Crippen LogP) is 2.09. The van der Waals surface area contributed by atoms with Crippen LogP contribution in [0.5, 0.6) is 5.75 Å². The van der Waals surface area contributed by atoms with Gasteiger partial charge in [-0.15, -0.1) is 12.4 Å². The van der Waals surface area contributed by atoms with Crippen LogP contribution in [0, 0.1) is 0 Å². The number of nitrogens with one attached hydrogen (secondary N) is 1. The number of hydrogen-bond acceptors (Lipinski definition) is 4. The molecule has 0 heterocycles. The Morgan fingerprint density at radius 1 is 1.30 bits per heavy atom. The van der Waals surface area contributed by atoms with Crippen molar-refractivity contribution in [2.24, 2.45) is 0 Å². The van der Waals surface area contributed by atoms with Gasteiger partial charge in [0.15, 0.2) is 0 Å². The van der Waals surface area contributed by atoms with Crippen LogP contribution in [0.4, 0.5) is 0 Å². The van der Waals surface area contributed by atoms with Crippen molar-refractivity contribution < 1.29 is 19.4 Å². The lowest BCUT2D eigenvalue weighted by molar-refractivity contribution is -0.138. The molecule has 0 fully saturated rings. The molecule has 0 aromatic heterocycles. The van der Waals surface area contributed by atoms with Crippen LogP contribution in [0.2, 0.25) is 0 Å². The van der Waals surface area contributed by atoms with Gasteiger partial charge >= 0.3 is 5.97 Å². The number of likely N-dealkylation sites (N-methyl/N-ethyl adjacent to an activating group) is 1. The largest absolute Gasteiger partial charge is 0.496 e. The number of hydrogen-bond donors (Lipinski definition) is 2. The Balaban J connectivity index is 0.00000484. The molecule has 1 aromatic carbocycles. The Bertz CT molecular complexity index is 525. The first-order chi connectivity index (χ1) is 10.4. The first-order valence-electron chi connectivity index (χ1n) is 7.22. The molecule has 0 spiro atoms. The highest BCUT2D eigenvalue weighted by Crippen LogP contribution is 2.24. The van der Waals surface area contributed by atoms with Crippen LogP contribution in [0.15, 0.2) is 24.3 Å². The summed E-state index contributed by atoms with van der Waals surface area (Å²) in [6.07, 6.45) is 0.0101. The SMILES string of the molecule is COc1ccccc1C(C)NC(=O)C(C)N(C)CCC(=O)O.Cl. The molecule has 0 aliphatic rings. The average molecular weight is 345 g/mol. The number of aliphatic carboxylic acids is 1. The van der Waals surface area contributed by atoms with E-state index in [2.05, 4.69) is 5.32 Å². The molecule has 1 amide bonds. The van der Waals surface area contributed by atoms with E-state index in [4.69, 9.17) is 9.84 Å². The number of carbonyl (C=O) groups excluding carboxylic acids is 1. The molecular formula is C16H25ClN2O4. The van der Waals surface area contributed by atoms with Gasteiger partial charge in [0.1, 0.15) is 5.75 Å². The van der Waals surface area contributed by atoms with Gasteiger partial charge in [0.2, 0.25) is 5.91 Å². The van der Waals surface area contributed by atoms with Crippen LogP contribution in [0.25, 0.3) is 0 Å². The van der Waals surface area contributed by atoms with Crippen molar-refractivity contribution >= 4 is 24.3 Å². The number of methoxy groups -OCH3 is 1. The fraction of sp³-hybridized carbons (Fsp3) is 0.500. The first kappa shape index (κ1) is 21.2. The van der Waals surface area contributed by atoms with Gasteiger partial charge in [-0.1, -0.05) is 18.2 Å². The van der Waals surface area contributed by atoms with Gasteiger partial charge in [0.05, 0.1) is 25.6 Å². The molecule has 7 heteroatoms. The van der Waals surface area contributed by atoms with Crippen molar-refractivity contribution in [3.05, 3.63) is 29.8 Å². The Morgan fingerprint density at radius 2 is 1.91 bits per heavy atom. The summed E-state index contributed by atoms with van der Waals surface area (Å²) in [5.74, 6) is -0.296. The fourth-order valence-corrected chi connectivity index (χ4v) is 2.10. The third kappa shape index (κ3) is 6.46. The summed E-state index contributed by atoms with van der Waals surface area (Å²) in [5, 5.41) is 11.6. The van der Waals surface area contributed by atoms with E-state index in [0.717, 1.165) is 11.3 Å². The van der Waals surface area contributed by atoms with E-state index in [1.807, 2.05) is 31.2 Å². The van der Waals surface area contributed by atoms with E-state index in [9.17, 15) is 9.59 Å².